The third-order valence-electron chi connectivity index (χ3n) is 7.36. The van der Waals surface area contributed by atoms with Crippen LogP contribution in [-0.4, -0.2) is 96.8 Å². The van der Waals surface area contributed by atoms with E-state index < -0.39 is 0 Å². The monoisotopic (exact) mass is 576 g/mol. The molecule has 0 heterocycles. The van der Waals surface area contributed by atoms with Gasteiger partial charge in [-0.1, -0.05) is 107 Å². The lowest BCUT2D eigenvalue weighted by molar-refractivity contribution is 0.102. The van der Waals surface area contributed by atoms with Crippen LogP contribution < -0.4 is 5.32 Å². The van der Waals surface area contributed by atoms with Crippen LogP contribution in [0, 0.1) is 11.3 Å². The molecule has 0 radical (unpaired) electrons. The quantitative estimate of drug-likeness (QED) is 0.0824. The lowest BCUT2D eigenvalue weighted by atomic mass is 9.79. The van der Waals surface area contributed by atoms with Crippen LogP contribution in [0.1, 0.15) is 128 Å². The first kappa shape index (κ1) is 46.5. The summed E-state index contributed by atoms with van der Waals surface area (Å²) in [5, 5.41) is 32.0. The van der Waals surface area contributed by atoms with Gasteiger partial charge in [0.05, 0.1) is 12.2 Å². The summed E-state index contributed by atoms with van der Waals surface area (Å²) in [7, 11) is 1.98. The number of aliphatic hydroxyl groups excluding tert-OH is 3. The zero-order valence-corrected chi connectivity index (χ0v) is 29.4. The molecule has 0 saturated heterocycles. The normalized spacial score (nSPS) is 12.9. The Balaban J connectivity index is -0.000000416. The smallest absolute Gasteiger partial charge is 0.0847 e. The summed E-state index contributed by atoms with van der Waals surface area (Å²) in [5.74, 6) is 0.657. The Kier molecular flexibility index (Phi) is 40.3. The predicted molar refractivity (Wildman–Crippen MR) is 180 cm³/mol. The fraction of sp³-hybridized carbons (Fsp3) is 0.941. The molecule has 0 amide bonds. The van der Waals surface area contributed by atoms with Gasteiger partial charge in [0.25, 0.3) is 0 Å². The van der Waals surface area contributed by atoms with Crippen molar-refractivity contribution in [3.63, 3.8) is 0 Å². The fourth-order valence-corrected chi connectivity index (χ4v) is 3.92. The van der Waals surface area contributed by atoms with Crippen LogP contribution in [0.4, 0.5) is 0 Å². The van der Waals surface area contributed by atoms with Crippen molar-refractivity contribution in [3.8, 4) is 0 Å². The molecule has 4 N–H and O–H groups in total. The molecule has 0 aliphatic heterocycles. The van der Waals surface area contributed by atoms with Crippen LogP contribution in [0.2, 0.25) is 0 Å². The van der Waals surface area contributed by atoms with Crippen molar-refractivity contribution in [2.75, 3.05) is 59.5 Å². The van der Waals surface area contributed by atoms with Crippen LogP contribution in [0.5, 0.6) is 0 Å². The van der Waals surface area contributed by atoms with Crippen LogP contribution in [0.25, 0.3) is 0 Å². The lowest BCUT2D eigenvalue weighted by Crippen LogP contribution is -2.37. The lowest BCUT2D eigenvalue weighted by Gasteiger charge is -2.27. The molecular weight excluding hydrogens is 498 g/mol. The second-order valence-corrected chi connectivity index (χ2v) is 11.2. The molecule has 246 valence electrons. The first-order valence-electron chi connectivity index (χ1n) is 16.8. The molecule has 6 nitrogen and oxygen atoms in total. The summed E-state index contributed by atoms with van der Waals surface area (Å²) in [6, 6.07) is 0. The topological polar surface area (TPSA) is 79.2 Å². The molecule has 40 heavy (non-hydrogen) atoms. The Morgan fingerprint density at radius 3 is 1.77 bits per heavy atom. The van der Waals surface area contributed by atoms with E-state index in [9.17, 15) is 10.2 Å². The molecule has 0 bridgehead atoms. The van der Waals surface area contributed by atoms with Crippen molar-refractivity contribution in [3.05, 3.63) is 12.2 Å². The fourth-order valence-electron chi connectivity index (χ4n) is 3.92. The predicted octanol–water partition coefficient (Wildman–Crippen LogP) is 6.98. The zero-order valence-electron chi connectivity index (χ0n) is 29.4. The summed E-state index contributed by atoms with van der Waals surface area (Å²) >= 11 is 0. The van der Waals surface area contributed by atoms with Crippen LogP contribution in [-0.2, 0) is 0 Å². The number of nitrogens with one attached hydrogen (secondary N) is 1. The molecule has 6 heteroatoms. The minimum absolute atomic E-state index is 0.191. The average Bonchev–Trinajstić information content (AvgIpc) is 2.94. The molecule has 0 aromatic rings. The van der Waals surface area contributed by atoms with Crippen molar-refractivity contribution in [2.24, 2.45) is 11.3 Å². The highest BCUT2D eigenvalue weighted by Gasteiger charge is 2.20. The third-order valence-corrected chi connectivity index (χ3v) is 7.36. The Morgan fingerprint density at radius 1 is 0.825 bits per heavy atom. The average molecular weight is 576 g/mol. The van der Waals surface area contributed by atoms with E-state index in [0.29, 0.717) is 17.9 Å². The summed E-state index contributed by atoms with van der Waals surface area (Å²) < 4.78 is 0. The summed E-state index contributed by atoms with van der Waals surface area (Å²) in [5.41, 5.74) is 0.300. The highest BCUT2D eigenvalue weighted by atomic mass is 16.3. The molecule has 0 aromatic heterocycles. The van der Waals surface area contributed by atoms with Crippen molar-refractivity contribution in [2.45, 2.75) is 140 Å². The maximum atomic E-state index is 10.2. The Labute approximate surface area is 253 Å². The first-order chi connectivity index (χ1) is 19.1. The maximum absolute atomic E-state index is 10.2. The third kappa shape index (κ3) is 32.0. The van der Waals surface area contributed by atoms with E-state index in [1.165, 1.54) is 25.7 Å². The van der Waals surface area contributed by atoms with Crippen LogP contribution in [0.3, 0.4) is 0 Å². The van der Waals surface area contributed by atoms with Crippen LogP contribution >= 0.6 is 0 Å². The van der Waals surface area contributed by atoms with E-state index in [-0.39, 0.29) is 12.2 Å². The van der Waals surface area contributed by atoms with Gasteiger partial charge in [-0.25, -0.2) is 0 Å². The number of aliphatic hydroxyl groups is 3. The van der Waals surface area contributed by atoms with E-state index in [0.717, 1.165) is 71.5 Å². The molecule has 0 aromatic carbocycles. The molecule has 0 aliphatic rings. The minimum atomic E-state index is -0.352. The highest BCUT2D eigenvalue weighted by Crippen LogP contribution is 2.29. The Hall–Kier alpha value is -0.500. The second kappa shape index (κ2) is 34.7. The number of likely N-dealkylation sites (N-methyl/N-ethyl adjacent to an activating group) is 2. The summed E-state index contributed by atoms with van der Waals surface area (Å²) in [4.78, 5) is 4.73. The molecule has 0 rings (SSSR count). The zero-order chi connectivity index (χ0) is 31.8. The van der Waals surface area contributed by atoms with E-state index in [4.69, 9.17) is 5.11 Å². The van der Waals surface area contributed by atoms with Crippen molar-refractivity contribution in [1.29, 1.82) is 0 Å². The number of unbranched alkanes of at least 4 members (excludes halogenated alkanes) is 4. The Bertz CT molecular complexity index is 487. The van der Waals surface area contributed by atoms with E-state index in [1.54, 1.807) is 0 Å². The van der Waals surface area contributed by atoms with Gasteiger partial charge in [0, 0.05) is 32.8 Å². The number of hydrogen-bond donors (Lipinski definition) is 4. The van der Waals surface area contributed by atoms with Gasteiger partial charge in [-0.15, -0.1) is 0 Å². The largest absolute Gasteiger partial charge is 0.396 e. The highest BCUT2D eigenvalue weighted by molar-refractivity contribution is 4.87. The van der Waals surface area contributed by atoms with Crippen molar-refractivity contribution < 1.29 is 15.3 Å². The summed E-state index contributed by atoms with van der Waals surface area (Å²) in [6.07, 6.45) is 12.1. The van der Waals surface area contributed by atoms with Gasteiger partial charge in [0.15, 0.2) is 0 Å². The SMILES string of the molecule is C/C=C/C(O)CN(CC)CCCCCCN(CCNC)CC(O)CCCC.CC.CC.CC(C)C(C)(C)CCO. The Morgan fingerprint density at radius 2 is 1.38 bits per heavy atom. The second-order valence-electron chi connectivity index (χ2n) is 11.2. The van der Waals surface area contributed by atoms with Gasteiger partial charge in [-0.2, -0.15) is 0 Å². The van der Waals surface area contributed by atoms with Gasteiger partial charge < -0.3 is 25.5 Å². The molecule has 0 spiro atoms. The molecule has 0 saturated carbocycles. The molecule has 2 unspecified atom stereocenters. The molecule has 2 atom stereocenters. The van der Waals surface area contributed by atoms with Crippen molar-refractivity contribution >= 4 is 0 Å². The van der Waals surface area contributed by atoms with Gasteiger partial charge in [-0.3, -0.25) is 4.90 Å². The van der Waals surface area contributed by atoms with Crippen molar-refractivity contribution in [1.82, 2.24) is 15.1 Å². The molecule has 0 fully saturated rings. The minimum Gasteiger partial charge on any atom is -0.396 e. The van der Waals surface area contributed by atoms with Crippen LogP contribution in [0.15, 0.2) is 12.2 Å². The van der Waals surface area contributed by atoms with Gasteiger partial charge in [0.2, 0.25) is 0 Å². The van der Waals surface area contributed by atoms with Gasteiger partial charge in [-0.05, 0) is 70.6 Å². The molecular formula is C34H77N3O3. The standard InChI is InChI=1S/C22H47N3O2.C8H18O.2C2H6/c1-5-8-14-22(27)20-25(18-15-23-4)17-12-10-9-11-16-24(7-3)19-21(26)13-6-2;1-7(2)8(3,4)5-6-9;2*1-2/h6,13,21-23,26-27H,5,7-12,14-20H2,1-4H3;7,9H,5-6H2,1-4H3;2*1-2H3/b13-6+;;;. The van der Waals surface area contributed by atoms with E-state index in [2.05, 4.69) is 56.7 Å². The number of nitrogens with zero attached hydrogens (tertiary/aromatic N) is 2. The first-order valence-corrected chi connectivity index (χ1v) is 16.8. The summed E-state index contributed by atoms with van der Waals surface area (Å²) in [6.45, 7) is 30.0. The number of allylic oxidation sites excluding steroid dienone is 1. The van der Waals surface area contributed by atoms with E-state index in [1.807, 2.05) is 53.8 Å². The van der Waals surface area contributed by atoms with Gasteiger partial charge >= 0.3 is 0 Å². The van der Waals surface area contributed by atoms with Gasteiger partial charge in [0.1, 0.15) is 0 Å². The van der Waals surface area contributed by atoms with E-state index >= 15 is 0 Å². The maximum Gasteiger partial charge on any atom is 0.0847 e. The number of hydrogen-bond acceptors (Lipinski definition) is 6. The molecule has 0 aliphatic carbocycles. The number of rotatable bonds is 22.